The van der Waals surface area contributed by atoms with E-state index in [0.29, 0.717) is 24.4 Å². The molecule has 2 aromatic carbocycles. The number of aryl methyl sites for hydroxylation is 1. The Bertz CT molecular complexity index is 809. The lowest BCUT2D eigenvalue weighted by Gasteiger charge is -2.46. The fourth-order valence-corrected chi connectivity index (χ4v) is 5.15. The first-order valence-corrected chi connectivity index (χ1v) is 10.8. The molecule has 156 valence electrons. The summed E-state index contributed by atoms with van der Waals surface area (Å²) in [6, 6.07) is 20.1. The van der Waals surface area contributed by atoms with E-state index >= 15 is 0 Å². The predicted molar refractivity (Wildman–Crippen MR) is 123 cm³/mol. The molecule has 1 fully saturated rings. The second-order valence-electron chi connectivity index (χ2n) is 8.45. The Balaban J connectivity index is 0.00000240. The number of rotatable bonds is 4. The fourth-order valence-electron chi connectivity index (χ4n) is 5.15. The molecule has 3 unspecified atom stereocenters. The van der Waals surface area contributed by atoms with E-state index in [2.05, 4.69) is 53.1 Å². The third-order valence-electron chi connectivity index (χ3n) is 6.67. The van der Waals surface area contributed by atoms with Gasteiger partial charge in [-0.05, 0) is 54.9 Å². The van der Waals surface area contributed by atoms with Crippen LogP contribution in [0.4, 0.5) is 5.69 Å². The van der Waals surface area contributed by atoms with E-state index in [0.717, 1.165) is 25.2 Å². The van der Waals surface area contributed by atoms with Crippen LogP contribution >= 0.6 is 12.4 Å². The van der Waals surface area contributed by atoms with Gasteiger partial charge in [-0.3, -0.25) is 9.69 Å². The lowest BCUT2D eigenvalue weighted by molar-refractivity contribution is -0.119. The SMILES string of the molecule is CCC(=O)N(c1ccccc1)C1CCN(C2CCc3ccccc3C2)CC1C.Cl. The van der Waals surface area contributed by atoms with Gasteiger partial charge < -0.3 is 4.90 Å². The van der Waals surface area contributed by atoms with Gasteiger partial charge in [0.1, 0.15) is 0 Å². The van der Waals surface area contributed by atoms with Crippen molar-refractivity contribution in [1.82, 2.24) is 4.90 Å². The van der Waals surface area contributed by atoms with Crippen molar-refractivity contribution < 1.29 is 4.79 Å². The first kappa shape index (κ1) is 21.9. The number of halogens is 1. The van der Waals surface area contributed by atoms with Crippen molar-refractivity contribution in [2.45, 2.75) is 58.0 Å². The topological polar surface area (TPSA) is 23.6 Å². The maximum Gasteiger partial charge on any atom is 0.226 e. The first-order valence-electron chi connectivity index (χ1n) is 10.8. The molecule has 1 heterocycles. The van der Waals surface area contributed by atoms with Crippen molar-refractivity contribution in [2.75, 3.05) is 18.0 Å². The Labute approximate surface area is 181 Å². The molecule has 4 heteroatoms. The number of para-hydroxylation sites is 1. The van der Waals surface area contributed by atoms with Gasteiger partial charge in [-0.25, -0.2) is 0 Å². The number of nitrogens with zero attached hydrogens (tertiary/aromatic N) is 2. The minimum Gasteiger partial charge on any atom is -0.309 e. The zero-order valence-electron chi connectivity index (χ0n) is 17.6. The van der Waals surface area contributed by atoms with E-state index < -0.39 is 0 Å². The lowest BCUT2D eigenvalue weighted by Crippen LogP contribution is -2.55. The number of carbonyl (C=O) groups is 1. The number of carbonyl (C=O) groups excluding carboxylic acids is 1. The Kier molecular flexibility index (Phi) is 7.37. The fraction of sp³-hybridized carbons (Fsp3) is 0.480. The number of anilines is 1. The van der Waals surface area contributed by atoms with E-state index in [1.54, 1.807) is 0 Å². The van der Waals surface area contributed by atoms with Crippen molar-refractivity contribution in [1.29, 1.82) is 0 Å². The van der Waals surface area contributed by atoms with Gasteiger partial charge in [0, 0.05) is 37.3 Å². The van der Waals surface area contributed by atoms with Crippen LogP contribution in [0, 0.1) is 5.92 Å². The molecular formula is C25H33ClN2O. The first-order chi connectivity index (χ1) is 13.7. The molecule has 1 amide bonds. The maximum absolute atomic E-state index is 12.8. The van der Waals surface area contributed by atoms with E-state index in [1.165, 1.54) is 30.4 Å². The number of hydrogen-bond donors (Lipinski definition) is 0. The van der Waals surface area contributed by atoms with Crippen molar-refractivity contribution >= 4 is 24.0 Å². The van der Waals surface area contributed by atoms with Gasteiger partial charge in [0.25, 0.3) is 0 Å². The molecule has 0 bridgehead atoms. The molecule has 0 spiro atoms. The summed E-state index contributed by atoms with van der Waals surface area (Å²) in [7, 11) is 0. The standard InChI is InChI=1S/C25H32N2O.ClH/c1-3-25(28)27(22-11-5-4-6-12-22)24-15-16-26(18-19(24)2)23-14-13-20-9-7-8-10-21(20)17-23;/h4-12,19,23-24H,3,13-18H2,1-2H3;1H. The highest BCUT2D eigenvalue weighted by molar-refractivity contribution is 5.93. The molecule has 0 N–H and O–H groups in total. The van der Waals surface area contributed by atoms with E-state index in [4.69, 9.17) is 0 Å². The van der Waals surface area contributed by atoms with Gasteiger partial charge in [-0.2, -0.15) is 0 Å². The molecular weight excluding hydrogens is 380 g/mol. The highest BCUT2D eigenvalue weighted by Crippen LogP contribution is 2.32. The quantitative estimate of drug-likeness (QED) is 0.695. The summed E-state index contributed by atoms with van der Waals surface area (Å²) in [5.74, 6) is 0.713. The van der Waals surface area contributed by atoms with Crippen LogP contribution < -0.4 is 4.90 Å². The summed E-state index contributed by atoms with van der Waals surface area (Å²) in [4.78, 5) is 17.6. The number of hydrogen-bond acceptors (Lipinski definition) is 2. The van der Waals surface area contributed by atoms with Crippen LogP contribution in [0.25, 0.3) is 0 Å². The highest BCUT2D eigenvalue weighted by atomic mass is 35.5. The van der Waals surface area contributed by atoms with Crippen molar-refractivity contribution in [3.63, 3.8) is 0 Å². The summed E-state index contributed by atoms with van der Waals surface area (Å²) < 4.78 is 0. The van der Waals surface area contributed by atoms with Gasteiger partial charge in [0.05, 0.1) is 0 Å². The molecule has 0 aromatic heterocycles. The predicted octanol–water partition coefficient (Wildman–Crippen LogP) is 5.12. The molecule has 2 aromatic rings. The smallest absolute Gasteiger partial charge is 0.226 e. The summed E-state index contributed by atoms with van der Waals surface area (Å²) >= 11 is 0. The summed E-state index contributed by atoms with van der Waals surface area (Å²) in [5, 5.41) is 0. The van der Waals surface area contributed by atoms with Gasteiger partial charge in [-0.1, -0.05) is 56.3 Å². The highest BCUT2D eigenvalue weighted by Gasteiger charge is 2.36. The lowest BCUT2D eigenvalue weighted by atomic mass is 9.84. The van der Waals surface area contributed by atoms with Crippen molar-refractivity contribution in [2.24, 2.45) is 5.92 Å². The molecule has 4 rings (SSSR count). The van der Waals surface area contributed by atoms with Gasteiger partial charge in [-0.15, -0.1) is 12.4 Å². The van der Waals surface area contributed by atoms with Crippen molar-refractivity contribution in [3.05, 3.63) is 65.7 Å². The Hall–Kier alpha value is -1.84. The van der Waals surface area contributed by atoms with Crippen LogP contribution in [0.1, 0.15) is 44.2 Å². The average molecular weight is 413 g/mol. The Morgan fingerprint density at radius 1 is 1.03 bits per heavy atom. The molecule has 1 saturated heterocycles. The summed E-state index contributed by atoms with van der Waals surface area (Å²) in [6.07, 6.45) is 5.23. The second-order valence-corrected chi connectivity index (χ2v) is 8.45. The van der Waals surface area contributed by atoms with Gasteiger partial charge in [0.2, 0.25) is 5.91 Å². The minimum atomic E-state index is 0. The molecule has 3 nitrogen and oxygen atoms in total. The molecule has 2 aliphatic rings. The normalized spacial score (nSPS) is 24.3. The van der Waals surface area contributed by atoms with Crippen LogP contribution in [0.15, 0.2) is 54.6 Å². The van der Waals surface area contributed by atoms with Crippen LogP contribution in [-0.2, 0) is 17.6 Å². The Morgan fingerprint density at radius 3 is 2.41 bits per heavy atom. The molecule has 0 radical (unpaired) electrons. The zero-order chi connectivity index (χ0) is 19.5. The minimum absolute atomic E-state index is 0. The average Bonchev–Trinajstić information content (AvgIpc) is 2.75. The van der Waals surface area contributed by atoms with Crippen LogP contribution in [0.3, 0.4) is 0 Å². The second kappa shape index (κ2) is 9.77. The monoisotopic (exact) mass is 412 g/mol. The number of benzene rings is 2. The maximum atomic E-state index is 12.8. The third-order valence-corrected chi connectivity index (χ3v) is 6.67. The van der Waals surface area contributed by atoms with Gasteiger partial charge in [0.15, 0.2) is 0 Å². The van der Waals surface area contributed by atoms with Crippen LogP contribution in [0.5, 0.6) is 0 Å². The van der Waals surface area contributed by atoms with E-state index in [1.807, 2.05) is 25.1 Å². The molecule has 1 aliphatic heterocycles. The van der Waals surface area contributed by atoms with E-state index in [-0.39, 0.29) is 18.3 Å². The molecule has 1 aliphatic carbocycles. The summed E-state index contributed by atoms with van der Waals surface area (Å²) in [6.45, 7) is 6.46. The van der Waals surface area contributed by atoms with Crippen LogP contribution in [0.2, 0.25) is 0 Å². The van der Waals surface area contributed by atoms with E-state index in [9.17, 15) is 4.79 Å². The number of likely N-dealkylation sites (tertiary alicyclic amines) is 1. The largest absolute Gasteiger partial charge is 0.309 e. The molecule has 0 saturated carbocycles. The number of fused-ring (bicyclic) bond motifs is 1. The summed E-state index contributed by atoms with van der Waals surface area (Å²) in [5.41, 5.74) is 4.11. The number of piperidine rings is 1. The third kappa shape index (κ3) is 4.67. The van der Waals surface area contributed by atoms with Crippen molar-refractivity contribution in [3.8, 4) is 0 Å². The van der Waals surface area contributed by atoms with Gasteiger partial charge >= 0.3 is 0 Å². The molecule has 29 heavy (non-hydrogen) atoms. The zero-order valence-corrected chi connectivity index (χ0v) is 18.4. The van der Waals surface area contributed by atoms with Crippen LogP contribution in [-0.4, -0.2) is 36.0 Å². The molecule has 3 atom stereocenters. The Morgan fingerprint density at radius 2 is 1.72 bits per heavy atom. The number of amides is 1.